The average molecular weight is 242 g/mol. The van der Waals surface area contributed by atoms with Crippen molar-refractivity contribution < 1.29 is 0 Å². The van der Waals surface area contributed by atoms with Crippen LogP contribution in [0.4, 0.5) is 0 Å². The third-order valence-electron chi connectivity index (χ3n) is 2.48. The number of hydrogen-bond donors (Lipinski definition) is 0. The van der Waals surface area contributed by atoms with Gasteiger partial charge in [0.2, 0.25) is 8.27 Å². The van der Waals surface area contributed by atoms with E-state index in [4.69, 9.17) is 11.1 Å². The molecule has 0 aliphatic carbocycles. The van der Waals surface area contributed by atoms with Gasteiger partial charge in [-0.25, -0.2) is 0 Å². The van der Waals surface area contributed by atoms with Gasteiger partial charge in [0.1, 0.15) is 0 Å². The van der Waals surface area contributed by atoms with Crippen molar-refractivity contribution in [3.63, 3.8) is 0 Å². The molecule has 0 aliphatic heterocycles. The SMILES string of the molecule is CN(C)[SiH](Cl)c1ccccc1C(C)(C)C. The number of benzene rings is 1. The molecule has 0 heterocycles. The Hall–Kier alpha value is -0.313. The van der Waals surface area contributed by atoms with Gasteiger partial charge in [-0.1, -0.05) is 45.0 Å². The molecule has 1 atom stereocenters. The molecule has 0 fully saturated rings. The Morgan fingerprint density at radius 3 is 2.13 bits per heavy atom. The van der Waals surface area contributed by atoms with Crippen LogP contribution in [0.1, 0.15) is 26.3 Å². The average Bonchev–Trinajstić information content (AvgIpc) is 2.15. The first-order chi connectivity index (χ1) is 6.84. The fraction of sp³-hybridized carbons (Fsp3) is 0.500. The molecule has 0 radical (unpaired) electrons. The second-order valence-electron chi connectivity index (χ2n) is 5.14. The molecule has 1 rings (SSSR count). The van der Waals surface area contributed by atoms with Gasteiger partial charge >= 0.3 is 0 Å². The lowest BCUT2D eigenvalue weighted by molar-refractivity contribution is 0.592. The summed E-state index contributed by atoms with van der Waals surface area (Å²) in [7, 11) is 2.65. The summed E-state index contributed by atoms with van der Waals surface area (Å²) in [4.78, 5) is 0. The summed E-state index contributed by atoms with van der Waals surface area (Å²) in [6.07, 6.45) is 0. The van der Waals surface area contributed by atoms with Crippen LogP contribution in [-0.2, 0) is 5.41 Å². The summed E-state index contributed by atoms with van der Waals surface area (Å²) < 4.78 is 2.16. The van der Waals surface area contributed by atoms with E-state index in [9.17, 15) is 0 Å². The van der Waals surface area contributed by atoms with Crippen molar-refractivity contribution in [3.05, 3.63) is 29.8 Å². The molecule has 0 spiro atoms. The first-order valence-corrected chi connectivity index (χ1v) is 8.08. The highest BCUT2D eigenvalue weighted by atomic mass is 35.6. The van der Waals surface area contributed by atoms with E-state index in [1.165, 1.54) is 10.8 Å². The van der Waals surface area contributed by atoms with Crippen LogP contribution in [0.2, 0.25) is 0 Å². The van der Waals surface area contributed by atoms with Crippen LogP contribution in [-0.4, -0.2) is 26.9 Å². The van der Waals surface area contributed by atoms with Gasteiger partial charge in [0, 0.05) is 0 Å². The van der Waals surface area contributed by atoms with Crippen LogP contribution in [0.15, 0.2) is 24.3 Å². The topological polar surface area (TPSA) is 3.24 Å². The Morgan fingerprint density at radius 1 is 1.13 bits per heavy atom. The maximum Gasteiger partial charge on any atom is 0.244 e. The summed E-state index contributed by atoms with van der Waals surface area (Å²) in [6.45, 7) is 6.71. The second kappa shape index (κ2) is 4.68. The minimum atomic E-state index is -1.47. The Bertz CT molecular complexity index is 331. The minimum Gasteiger partial charge on any atom is -0.316 e. The number of hydrogen-bond acceptors (Lipinski definition) is 1. The van der Waals surface area contributed by atoms with E-state index in [-0.39, 0.29) is 5.41 Å². The van der Waals surface area contributed by atoms with E-state index in [0.29, 0.717) is 0 Å². The summed E-state index contributed by atoms with van der Waals surface area (Å²) >= 11 is 6.52. The number of rotatable bonds is 2. The monoisotopic (exact) mass is 241 g/mol. The largest absolute Gasteiger partial charge is 0.316 e. The van der Waals surface area contributed by atoms with E-state index >= 15 is 0 Å². The number of halogens is 1. The first-order valence-electron chi connectivity index (χ1n) is 5.24. The molecule has 84 valence electrons. The minimum absolute atomic E-state index is 0.173. The van der Waals surface area contributed by atoms with Gasteiger partial charge in [0.15, 0.2) is 0 Å². The van der Waals surface area contributed by atoms with Crippen LogP contribution in [0, 0.1) is 0 Å². The maximum absolute atomic E-state index is 6.52. The maximum atomic E-state index is 6.52. The zero-order valence-electron chi connectivity index (χ0n) is 10.2. The summed E-state index contributed by atoms with van der Waals surface area (Å²) in [5.74, 6) is 0. The molecule has 1 nitrogen and oxygen atoms in total. The van der Waals surface area contributed by atoms with Crippen molar-refractivity contribution >= 4 is 24.5 Å². The molecule has 3 heteroatoms. The standard InChI is InChI=1S/C12H20ClNSi/c1-12(2,3)10-8-6-7-9-11(10)15(13)14(4)5/h6-9,15H,1-5H3. The van der Waals surface area contributed by atoms with E-state index in [1.54, 1.807) is 0 Å². The van der Waals surface area contributed by atoms with E-state index in [2.05, 4.69) is 63.7 Å². The molecule has 0 saturated carbocycles. The van der Waals surface area contributed by atoms with E-state index in [1.807, 2.05) is 0 Å². The molecular formula is C12H20ClNSi. The molecule has 0 amide bonds. The fourth-order valence-corrected chi connectivity index (χ4v) is 3.85. The van der Waals surface area contributed by atoms with Gasteiger partial charge in [-0.05, 0) is 30.3 Å². The summed E-state index contributed by atoms with van der Waals surface area (Å²) in [5, 5.41) is 1.34. The molecule has 1 aromatic carbocycles. The van der Waals surface area contributed by atoms with Crippen LogP contribution in [0.3, 0.4) is 0 Å². The van der Waals surface area contributed by atoms with Gasteiger partial charge in [-0.2, -0.15) is 0 Å². The second-order valence-corrected chi connectivity index (χ2v) is 8.70. The summed E-state index contributed by atoms with van der Waals surface area (Å²) in [5.41, 5.74) is 1.55. The number of nitrogens with zero attached hydrogens (tertiary/aromatic N) is 1. The highest BCUT2D eigenvalue weighted by molar-refractivity contribution is 7.12. The predicted molar refractivity (Wildman–Crippen MR) is 71.5 cm³/mol. The van der Waals surface area contributed by atoms with Crippen molar-refractivity contribution in [1.29, 1.82) is 0 Å². The molecular weight excluding hydrogens is 222 g/mol. The quantitative estimate of drug-likeness (QED) is 0.567. The molecule has 0 aromatic heterocycles. The van der Waals surface area contributed by atoms with Gasteiger partial charge in [0.05, 0.1) is 0 Å². The van der Waals surface area contributed by atoms with Crippen molar-refractivity contribution in [3.8, 4) is 0 Å². The van der Waals surface area contributed by atoms with Crippen LogP contribution < -0.4 is 5.19 Å². The molecule has 0 saturated heterocycles. The Balaban J connectivity index is 3.18. The van der Waals surface area contributed by atoms with Gasteiger partial charge < -0.3 is 4.57 Å². The van der Waals surface area contributed by atoms with Crippen molar-refractivity contribution in [2.75, 3.05) is 14.1 Å². The molecule has 1 unspecified atom stereocenters. The Morgan fingerprint density at radius 2 is 1.67 bits per heavy atom. The van der Waals surface area contributed by atoms with Crippen molar-refractivity contribution in [2.24, 2.45) is 0 Å². The lowest BCUT2D eigenvalue weighted by Crippen LogP contribution is -2.43. The van der Waals surface area contributed by atoms with Crippen LogP contribution in [0.25, 0.3) is 0 Å². The molecule has 1 aromatic rings. The Labute approximate surface area is 99.4 Å². The highest BCUT2D eigenvalue weighted by Gasteiger charge is 2.23. The lowest BCUT2D eigenvalue weighted by atomic mass is 9.87. The smallest absolute Gasteiger partial charge is 0.244 e. The van der Waals surface area contributed by atoms with Gasteiger partial charge in [0.25, 0.3) is 0 Å². The van der Waals surface area contributed by atoms with Crippen LogP contribution in [0.5, 0.6) is 0 Å². The molecule has 0 N–H and O–H groups in total. The van der Waals surface area contributed by atoms with Gasteiger partial charge in [-0.3, -0.25) is 0 Å². The zero-order chi connectivity index (χ0) is 11.6. The molecule has 15 heavy (non-hydrogen) atoms. The Kier molecular flexibility index (Phi) is 3.98. The lowest BCUT2D eigenvalue weighted by Gasteiger charge is -2.26. The first kappa shape index (κ1) is 12.8. The third-order valence-corrected chi connectivity index (χ3v) is 6.28. The van der Waals surface area contributed by atoms with E-state index in [0.717, 1.165) is 0 Å². The normalized spacial score (nSPS) is 14.3. The van der Waals surface area contributed by atoms with Crippen LogP contribution >= 0.6 is 11.1 Å². The fourth-order valence-electron chi connectivity index (χ4n) is 1.67. The highest BCUT2D eigenvalue weighted by Crippen LogP contribution is 2.21. The predicted octanol–water partition coefficient (Wildman–Crippen LogP) is 2.21. The van der Waals surface area contributed by atoms with Gasteiger partial charge in [-0.15, -0.1) is 11.1 Å². The molecule has 0 aliphatic rings. The van der Waals surface area contributed by atoms with Crippen molar-refractivity contribution in [1.82, 2.24) is 4.57 Å². The third kappa shape index (κ3) is 3.07. The van der Waals surface area contributed by atoms with E-state index < -0.39 is 8.27 Å². The summed E-state index contributed by atoms with van der Waals surface area (Å²) in [6, 6.07) is 8.54. The van der Waals surface area contributed by atoms with Crippen molar-refractivity contribution in [2.45, 2.75) is 26.2 Å². The zero-order valence-corrected chi connectivity index (χ0v) is 12.1. The molecule has 0 bridgehead atoms.